The van der Waals surface area contributed by atoms with Crippen LogP contribution in [-0.4, -0.2) is 51.1 Å². The molecule has 140 valence electrons. The Morgan fingerprint density at radius 1 is 1.26 bits per heavy atom. The van der Waals surface area contributed by atoms with E-state index in [4.69, 9.17) is 0 Å². The van der Waals surface area contributed by atoms with Crippen molar-refractivity contribution in [3.63, 3.8) is 0 Å². The number of aromatic nitrogens is 3. The number of para-hydroxylation sites is 1. The van der Waals surface area contributed by atoms with E-state index in [1.807, 2.05) is 48.9 Å². The zero-order chi connectivity index (χ0) is 19.0. The maximum absolute atomic E-state index is 12.7. The van der Waals surface area contributed by atoms with Crippen LogP contribution in [0.4, 0.5) is 0 Å². The number of aryl methyl sites for hydroxylation is 2. The number of benzene rings is 1. The first-order valence-electron chi connectivity index (χ1n) is 9.17. The summed E-state index contributed by atoms with van der Waals surface area (Å²) in [5.41, 5.74) is 3.67. The SMILES string of the molecule is Cc1cc(C)n(CCNC(=O)C2CN(C(=O)c3c[nH]c4ccccc34)C2)n1. The molecular weight excluding hydrogens is 342 g/mol. The third-order valence-electron chi connectivity index (χ3n) is 5.09. The highest BCUT2D eigenvalue weighted by Crippen LogP contribution is 2.24. The molecule has 2 aromatic heterocycles. The predicted octanol–water partition coefficient (Wildman–Crippen LogP) is 1.87. The minimum Gasteiger partial charge on any atom is -0.360 e. The second-order valence-electron chi connectivity index (χ2n) is 7.10. The predicted molar refractivity (Wildman–Crippen MR) is 102 cm³/mol. The third-order valence-corrected chi connectivity index (χ3v) is 5.09. The largest absolute Gasteiger partial charge is 0.360 e. The zero-order valence-corrected chi connectivity index (χ0v) is 15.5. The molecule has 4 rings (SSSR count). The molecule has 3 aromatic rings. The van der Waals surface area contributed by atoms with Gasteiger partial charge in [-0.15, -0.1) is 0 Å². The Labute approximate surface area is 157 Å². The number of carbonyl (C=O) groups is 2. The molecule has 0 bridgehead atoms. The van der Waals surface area contributed by atoms with E-state index in [2.05, 4.69) is 15.4 Å². The molecule has 1 fully saturated rings. The first kappa shape index (κ1) is 17.3. The number of likely N-dealkylation sites (tertiary alicyclic amines) is 1. The fraction of sp³-hybridized carbons (Fsp3) is 0.350. The average Bonchev–Trinajstić information content (AvgIpc) is 3.16. The van der Waals surface area contributed by atoms with Crippen molar-refractivity contribution in [1.82, 2.24) is 25.0 Å². The smallest absolute Gasteiger partial charge is 0.256 e. The Hall–Kier alpha value is -3.09. The summed E-state index contributed by atoms with van der Waals surface area (Å²) in [5, 5.41) is 8.25. The molecule has 1 aliphatic heterocycles. The lowest BCUT2D eigenvalue weighted by molar-refractivity contribution is -0.129. The summed E-state index contributed by atoms with van der Waals surface area (Å²) in [5.74, 6) is -0.168. The van der Waals surface area contributed by atoms with Crippen LogP contribution in [0.25, 0.3) is 10.9 Å². The Morgan fingerprint density at radius 2 is 2.04 bits per heavy atom. The zero-order valence-electron chi connectivity index (χ0n) is 15.5. The second-order valence-corrected chi connectivity index (χ2v) is 7.10. The lowest BCUT2D eigenvalue weighted by Crippen LogP contribution is -2.55. The van der Waals surface area contributed by atoms with Gasteiger partial charge in [-0.05, 0) is 26.0 Å². The molecule has 0 aliphatic carbocycles. The number of nitrogens with zero attached hydrogens (tertiary/aromatic N) is 3. The molecule has 1 saturated heterocycles. The topological polar surface area (TPSA) is 83.0 Å². The molecule has 0 atom stereocenters. The number of nitrogens with one attached hydrogen (secondary N) is 2. The molecule has 1 aliphatic rings. The lowest BCUT2D eigenvalue weighted by Gasteiger charge is -2.38. The van der Waals surface area contributed by atoms with Crippen LogP contribution >= 0.6 is 0 Å². The van der Waals surface area contributed by atoms with Gasteiger partial charge in [-0.2, -0.15) is 5.10 Å². The van der Waals surface area contributed by atoms with Gasteiger partial charge in [0.25, 0.3) is 5.91 Å². The molecule has 2 amide bonds. The van der Waals surface area contributed by atoms with Gasteiger partial charge in [-0.25, -0.2) is 0 Å². The van der Waals surface area contributed by atoms with Crippen LogP contribution in [0.2, 0.25) is 0 Å². The van der Waals surface area contributed by atoms with Gasteiger partial charge < -0.3 is 15.2 Å². The monoisotopic (exact) mass is 365 g/mol. The summed E-state index contributed by atoms with van der Waals surface area (Å²) in [6.45, 7) is 6.07. The number of fused-ring (bicyclic) bond motifs is 1. The summed E-state index contributed by atoms with van der Waals surface area (Å²) in [6, 6.07) is 9.75. The molecule has 3 heterocycles. The van der Waals surface area contributed by atoms with Crippen molar-refractivity contribution in [2.45, 2.75) is 20.4 Å². The number of amides is 2. The molecule has 0 radical (unpaired) electrons. The Morgan fingerprint density at radius 3 is 2.78 bits per heavy atom. The lowest BCUT2D eigenvalue weighted by atomic mass is 9.97. The Kier molecular flexibility index (Phi) is 4.43. The number of rotatable bonds is 5. The quantitative estimate of drug-likeness (QED) is 0.724. The second kappa shape index (κ2) is 6.90. The third kappa shape index (κ3) is 3.32. The van der Waals surface area contributed by atoms with E-state index in [0.717, 1.165) is 22.3 Å². The first-order valence-corrected chi connectivity index (χ1v) is 9.17. The van der Waals surface area contributed by atoms with Crippen LogP contribution < -0.4 is 5.32 Å². The van der Waals surface area contributed by atoms with Gasteiger partial charge in [0.15, 0.2) is 0 Å². The van der Waals surface area contributed by atoms with Crippen LogP contribution in [0.1, 0.15) is 21.7 Å². The maximum Gasteiger partial charge on any atom is 0.256 e. The molecule has 1 aromatic carbocycles. The highest BCUT2D eigenvalue weighted by molar-refractivity contribution is 6.07. The highest BCUT2D eigenvalue weighted by Gasteiger charge is 2.36. The Balaban J connectivity index is 1.28. The van der Waals surface area contributed by atoms with Crippen LogP contribution in [0.5, 0.6) is 0 Å². The first-order chi connectivity index (χ1) is 13.0. The van der Waals surface area contributed by atoms with E-state index >= 15 is 0 Å². The van der Waals surface area contributed by atoms with E-state index in [1.54, 1.807) is 11.1 Å². The van der Waals surface area contributed by atoms with Crippen molar-refractivity contribution < 1.29 is 9.59 Å². The standard InChI is InChI=1S/C20H23N5O2/c1-13-9-14(2)25(23-13)8-7-21-19(26)15-11-24(12-15)20(27)17-10-22-18-6-4-3-5-16(17)18/h3-6,9-10,15,22H,7-8,11-12H2,1-2H3,(H,21,26). The minimum absolute atomic E-state index is 0.000456. The maximum atomic E-state index is 12.7. The van der Waals surface area contributed by atoms with E-state index < -0.39 is 0 Å². The van der Waals surface area contributed by atoms with Gasteiger partial charge in [-0.1, -0.05) is 18.2 Å². The number of hydrogen-bond acceptors (Lipinski definition) is 3. The van der Waals surface area contributed by atoms with E-state index in [0.29, 0.717) is 31.7 Å². The van der Waals surface area contributed by atoms with Crippen molar-refractivity contribution in [2.75, 3.05) is 19.6 Å². The van der Waals surface area contributed by atoms with E-state index in [-0.39, 0.29) is 17.7 Å². The van der Waals surface area contributed by atoms with Gasteiger partial charge >= 0.3 is 0 Å². The van der Waals surface area contributed by atoms with Crippen LogP contribution in [0, 0.1) is 19.8 Å². The minimum atomic E-state index is -0.139. The van der Waals surface area contributed by atoms with Gasteiger partial charge in [0.1, 0.15) is 0 Å². The molecule has 0 spiro atoms. The summed E-state index contributed by atoms with van der Waals surface area (Å²) in [4.78, 5) is 29.8. The molecule has 2 N–H and O–H groups in total. The number of hydrogen-bond donors (Lipinski definition) is 2. The summed E-state index contributed by atoms with van der Waals surface area (Å²) < 4.78 is 1.89. The fourth-order valence-corrected chi connectivity index (χ4v) is 3.56. The molecule has 0 saturated carbocycles. The summed E-state index contributed by atoms with van der Waals surface area (Å²) in [7, 11) is 0. The van der Waals surface area contributed by atoms with Gasteiger partial charge in [0.05, 0.1) is 23.7 Å². The van der Waals surface area contributed by atoms with Crippen LogP contribution in [0.15, 0.2) is 36.5 Å². The number of aromatic amines is 1. The van der Waals surface area contributed by atoms with Gasteiger partial charge in [-0.3, -0.25) is 14.3 Å². The summed E-state index contributed by atoms with van der Waals surface area (Å²) >= 11 is 0. The van der Waals surface area contributed by atoms with Crippen molar-refractivity contribution in [1.29, 1.82) is 0 Å². The van der Waals surface area contributed by atoms with Crippen molar-refractivity contribution in [3.8, 4) is 0 Å². The van der Waals surface area contributed by atoms with E-state index in [1.165, 1.54) is 0 Å². The van der Waals surface area contributed by atoms with Crippen molar-refractivity contribution >= 4 is 22.7 Å². The molecule has 27 heavy (non-hydrogen) atoms. The number of H-pyrrole nitrogens is 1. The van der Waals surface area contributed by atoms with Crippen molar-refractivity contribution in [3.05, 3.63) is 53.5 Å². The van der Waals surface area contributed by atoms with Gasteiger partial charge in [0, 0.05) is 42.4 Å². The number of carbonyl (C=O) groups excluding carboxylic acids is 2. The average molecular weight is 365 g/mol. The van der Waals surface area contributed by atoms with Crippen molar-refractivity contribution in [2.24, 2.45) is 5.92 Å². The normalized spacial score (nSPS) is 14.4. The van der Waals surface area contributed by atoms with E-state index in [9.17, 15) is 9.59 Å². The highest BCUT2D eigenvalue weighted by atomic mass is 16.2. The fourth-order valence-electron chi connectivity index (χ4n) is 3.56. The van der Waals surface area contributed by atoms with Gasteiger partial charge in [0.2, 0.25) is 5.91 Å². The Bertz CT molecular complexity index is 997. The summed E-state index contributed by atoms with van der Waals surface area (Å²) in [6.07, 6.45) is 1.74. The molecule has 7 nitrogen and oxygen atoms in total. The van der Waals surface area contributed by atoms with Crippen LogP contribution in [0.3, 0.4) is 0 Å². The molecular formula is C20H23N5O2. The molecule has 7 heteroatoms. The molecule has 0 unspecified atom stereocenters. The van der Waals surface area contributed by atoms with Crippen LogP contribution in [-0.2, 0) is 11.3 Å².